The van der Waals surface area contributed by atoms with Crippen LogP contribution in [0.5, 0.6) is 0 Å². The number of rotatable bonds is 5. The maximum atomic E-state index is 12.3. The van der Waals surface area contributed by atoms with E-state index < -0.39 is 0 Å². The Morgan fingerprint density at radius 3 is 2.71 bits per heavy atom. The van der Waals surface area contributed by atoms with Crippen LogP contribution in [0.15, 0.2) is 18.2 Å². The Kier molecular flexibility index (Phi) is 8.22. The highest BCUT2D eigenvalue weighted by molar-refractivity contribution is 5.94. The summed E-state index contributed by atoms with van der Waals surface area (Å²) in [5.74, 6) is 0.848. The highest BCUT2D eigenvalue weighted by Crippen LogP contribution is 2.24. The molecule has 1 aliphatic rings. The summed E-state index contributed by atoms with van der Waals surface area (Å²) < 4.78 is 0. The summed E-state index contributed by atoms with van der Waals surface area (Å²) in [6.07, 6.45) is 2.91. The largest absolute Gasteiger partial charge is 0.326 e. The van der Waals surface area contributed by atoms with Crippen molar-refractivity contribution in [2.45, 2.75) is 40.0 Å². The minimum Gasteiger partial charge on any atom is -0.326 e. The van der Waals surface area contributed by atoms with Gasteiger partial charge in [0.25, 0.3) is 0 Å². The molecule has 6 heteroatoms. The quantitative estimate of drug-likeness (QED) is 0.760. The first-order chi connectivity index (χ1) is 11.0. The molecule has 0 radical (unpaired) electrons. The van der Waals surface area contributed by atoms with E-state index >= 15 is 0 Å². The Bertz CT molecular complexity index is 571. The summed E-state index contributed by atoms with van der Waals surface area (Å²) in [6, 6.07) is 5.57. The highest BCUT2D eigenvalue weighted by atomic mass is 35.5. The molecular formula is C18H28ClN3O2. The zero-order chi connectivity index (χ0) is 16.8. The summed E-state index contributed by atoms with van der Waals surface area (Å²) in [5.41, 5.74) is 2.43. The summed E-state index contributed by atoms with van der Waals surface area (Å²) >= 11 is 0. The van der Waals surface area contributed by atoms with Gasteiger partial charge in [-0.25, -0.2) is 0 Å². The normalized spacial score (nSPS) is 18.2. The predicted octanol–water partition coefficient (Wildman–Crippen LogP) is 3.34. The lowest BCUT2D eigenvalue weighted by atomic mass is 9.85. The van der Waals surface area contributed by atoms with Crippen molar-refractivity contribution < 1.29 is 9.59 Å². The predicted molar refractivity (Wildman–Crippen MR) is 101 cm³/mol. The second kappa shape index (κ2) is 9.64. The number of piperidine rings is 1. The van der Waals surface area contributed by atoms with Crippen molar-refractivity contribution in [2.75, 3.05) is 23.7 Å². The van der Waals surface area contributed by atoms with E-state index in [-0.39, 0.29) is 24.2 Å². The highest BCUT2D eigenvalue weighted by Gasteiger charge is 2.22. The lowest BCUT2D eigenvalue weighted by Crippen LogP contribution is -2.34. The SMILES string of the molecule is CC(=O)Nc1cc(NC(=O)CC(C)C2CCCNC2)ccc1C.Cl. The molecular weight excluding hydrogens is 326 g/mol. The molecule has 1 saturated heterocycles. The van der Waals surface area contributed by atoms with E-state index in [1.807, 2.05) is 25.1 Å². The van der Waals surface area contributed by atoms with Crippen molar-refractivity contribution in [3.63, 3.8) is 0 Å². The summed E-state index contributed by atoms with van der Waals surface area (Å²) in [4.78, 5) is 23.5. The summed E-state index contributed by atoms with van der Waals surface area (Å²) in [6.45, 7) is 7.64. The van der Waals surface area contributed by atoms with Gasteiger partial charge in [0.1, 0.15) is 0 Å². The van der Waals surface area contributed by atoms with E-state index in [2.05, 4.69) is 22.9 Å². The van der Waals surface area contributed by atoms with Gasteiger partial charge in [0.05, 0.1) is 0 Å². The van der Waals surface area contributed by atoms with E-state index in [0.29, 0.717) is 18.3 Å². The molecule has 1 aliphatic heterocycles. The van der Waals surface area contributed by atoms with Gasteiger partial charge in [-0.3, -0.25) is 9.59 Å². The zero-order valence-electron chi connectivity index (χ0n) is 14.6. The third-order valence-corrected chi connectivity index (χ3v) is 4.48. The molecule has 24 heavy (non-hydrogen) atoms. The van der Waals surface area contributed by atoms with Crippen LogP contribution in [-0.4, -0.2) is 24.9 Å². The first-order valence-electron chi connectivity index (χ1n) is 8.34. The maximum absolute atomic E-state index is 12.3. The van der Waals surface area contributed by atoms with Gasteiger partial charge in [0.2, 0.25) is 11.8 Å². The van der Waals surface area contributed by atoms with Crippen LogP contribution < -0.4 is 16.0 Å². The maximum Gasteiger partial charge on any atom is 0.224 e. The first kappa shape index (κ1) is 20.5. The molecule has 3 N–H and O–H groups in total. The van der Waals surface area contributed by atoms with Crippen LogP contribution in [0, 0.1) is 18.8 Å². The molecule has 5 nitrogen and oxygen atoms in total. The van der Waals surface area contributed by atoms with E-state index in [1.165, 1.54) is 19.8 Å². The standard InChI is InChI=1S/C18H27N3O2.ClH/c1-12-6-7-16(10-17(12)20-14(3)22)21-18(23)9-13(2)15-5-4-8-19-11-15;/h6-7,10,13,15,19H,4-5,8-9,11H2,1-3H3,(H,20,22)(H,21,23);1H. The van der Waals surface area contributed by atoms with Gasteiger partial charge in [0, 0.05) is 24.7 Å². The Hall–Kier alpha value is -1.59. The third-order valence-electron chi connectivity index (χ3n) is 4.48. The molecule has 134 valence electrons. The van der Waals surface area contributed by atoms with Gasteiger partial charge in [-0.1, -0.05) is 13.0 Å². The van der Waals surface area contributed by atoms with Gasteiger partial charge in [-0.15, -0.1) is 12.4 Å². The number of halogens is 1. The van der Waals surface area contributed by atoms with Gasteiger partial charge in [0.15, 0.2) is 0 Å². The Morgan fingerprint density at radius 1 is 1.33 bits per heavy atom. The third kappa shape index (κ3) is 6.13. The van der Waals surface area contributed by atoms with Crippen molar-refractivity contribution >= 4 is 35.6 Å². The van der Waals surface area contributed by atoms with Crippen LogP contribution in [0.1, 0.15) is 38.7 Å². The molecule has 2 rings (SSSR count). The molecule has 2 amide bonds. The van der Waals surface area contributed by atoms with Crippen LogP contribution >= 0.6 is 12.4 Å². The minimum absolute atomic E-state index is 0. The average Bonchev–Trinajstić information content (AvgIpc) is 2.51. The zero-order valence-corrected chi connectivity index (χ0v) is 15.5. The van der Waals surface area contributed by atoms with Gasteiger partial charge in [-0.2, -0.15) is 0 Å². The minimum atomic E-state index is -0.116. The van der Waals surface area contributed by atoms with Crippen molar-refractivity contribution in [2.24, 2.45) is 11.8 Å². The fraction of sp³-hybridized carbons (Fsp3) is 0.556. The number of hydrogen-bond acceptors (Lipinski definition) is 3. The van der Waals surface area contributed by atoms with Gasteiger partial charge < -0.3 is 16.0 Å². The fourth-order valence-electron chi connectivity index (χ4n) is 3.06. The van der Waals surface area contributed by atoms with Crippen molar-refractivity contribution in [3.05, 3.63) is 23.8 Å². The Morgan fingerprint density at radius 2 is 2.08 bits per heavy atom. The molecule has 2 unspecified atom stereocenters. The van der Waals surface area contributed by atoms with E-state index in [0.717, 1.165) is 30.0 Å². The van der Waals surface area contributed by atoms with Crippen LogP contribution in [0.3, 0.4) is 0 Å². The van der Waals surface area contributed by atoms with Gasteiger partial charge >= 0.3 is 0 Å². The second-order valence-electron chi connectivity index (χ2n) is 6.55. The molecule has 1 aromatic rings. The number of carbonyl (C=O) groups excluding carboxylic acids is 2. The second-order valence-corrected chi connectivity index (χ2v) is 6.55. The molecule has 0 aromatic heterocycles. The monoisotopic (exact) mass is 353 g/mol. The van der Waals surface area contributed by atoms with Crippen LogP contribution in [0.2, 0.25) is 0 Å². The number of benzene rings is 1. The molecule has 0 spiro atoms. The fourth-order valence-corrected chi connectivity index (χ4v) is 3.06. The topological polar surface area (TPSA) is 70.2 Å². The Balaban J connectivity index is 0.00000288. The van der Waals surface area contributed by atoms with Crippen molar-refractivity contribution in [1.82, 2.24) is 5.32 Å². The number of hydrogen-bond donors (Lipinski definition) is 3. The molecule has 0 aliphatic carbocycles. The molecule has 0 bridgehead atoms. The number of aryl methyl sites for hydroxylation is 1. The lowest BCUT2D eigenvalue weighted by molar-refractivity contribution is -0.117. The molecule has 1 fully saturated rings. The molecule has 1 aromatic carbocycles. The van der Waals surface area contributed by atoms with E-state index in [1.54, 1.807) is 0 Å². The lowest BCUT2D eigenvalue weighted by Gasteiger charge is -2.28. The number of anilines is 2. The van der Waals surface area contributed by atoms with Crippen molar-refractivity contribution in [3.8, 4) is 0 Å². The first-order valence-corrected chi connectivity index (χ1v) is 8.34. The summed E-state index contributed by atoms with van der Waals surface area (Å²) in [7, 11) is 0. The van der Waals surface area contributed by atoms with Crippen molar-refractivity contribution in [1.29, 1.82) is 0 Å². The Labute approximate surface area is 150 Å². The molecule has 2 atom stereocenters. The van der Waals surface area contributed by atoms with E-state index in [9.17, 15) is 9.59 Å². The average molecular weight is 354 g/mol. The van der Waals surface area contributed by atoms with Crippen LogP contribution in [-0.2, 0) is 9.59 Å². The van der Waals surface area contributed by atoms with Crippen LogP contribution in [0.25, 0.3) is 0 Å². The number of nitrogens with one attached hydrogen (secondary N) is 3. The van der Waals surface area contributed by atoms with E-state index in [4.69, 9.17) is 0 Å². The smallest absolute Gasteiger partial charge is 0.224 e. The molecule has 1 heterocycles. The number of carbonyl (C=O) groups is 2. The van der Waals surface area contributed by atoms with Gasteiger partial charge in [-0.05, 0) is 62.4 Å². The van der Waals surface area contributed by atoms with Crippen LogP contribution in [0.4, 0.5) is 11.4 Å². The molecule has 0 saturated carbocycles. The summed E-state index contributed by atoms with van der Waals surface area (Å²) in [5, 5.41) is 9.12. The number of amides is 2.